The van der Waals surface area contributed by atoms with Crippen molar-refractivity contribution in [1.29, 1.82) is 0 Å². The first kappa shape index (κ1) is 24.1. The molecule has 0 atom stereocenters. The fourth-order valence-electron chi connectivity index (χ4n) is 4.78. The molecule has 2 aliphatic rings. The van der Waals surface area contributed by atoms with E-state index in [0.29, 0.717) is 23.0 Å². The molecule has 4 heteroatoms. The summed E-state index contributed by atoms with van der Waals surface area (Å²) in [5.41, 5.74) is 0.552. The zero-order chi connectivity index (χ0) is 21.1. The third-order valence-electron chi connectivity index (χ3n) is 5.62. The average Bonchev–Trinajstić information content (AvgIpc) is 2.44. The smallest absolute Gasteiger partial charge is 0.0631 e. The summed E-state index contributed by atoms with van der Waals surface area (Å²) in [5, 5.41) is 0. The Bertz CT molecular complexity index is 462. The Morgan fingerprint density at radius 3 is 1.89 bits per heavy atom. The van der Waals surface area contributed by atoms with Gasteiger partial charge in [-0.1, -0.05) is 13.8 Å². The lowest BCUT2D eigenvalue weighted by atomic mass is 9.55. The lowest BCUT2D eigenvalue weighted by molar-refractivity contribution is -0.176. The van der Waals surface area contributed by atoms with Crippen molar-refractivity contribution in [3.05, 3.63) is 0 Å². The molecule has 0 aromatic rings. The minimum Gasteiger partial charge on any atom is -0.381 e. The van der Waals surface area contributed by atoms with Gasteiger partial charge in [-0.15, -0.1) is 0 Å². The number of hydrogen-bond donors (Lipinski definition) is 0. The molecule has 0 amide bonds. The van der Waals surface area contributed by atoms with Gasteiger partial charge >= 0.3 is 0 Å². The van der Waals surface area contributed by atoms with Crippen LogP contribution in [0.15, 0.2) is 0 Å². The molecule has 2 rings (SSSR count). The van der Waals surface area contributed by atoms with Crippen molar-refractivity contribution >= 4 is 0 Å². The lowest BCUT2D eigenvalue weighted by Crippen LogP contribution is -2.50. The van der Waals surface area contributed by atoms with Gasteiger partial charge in [-0.3, -0.25) is 0 Å². The Kier molecular flexibility index (Phi) is 8.03. The maximum atomic E-state index is 6.19. The second-order valence-electron chi connectivity index (χ2n) is 12.0. The minimum absolute atomic E-state index is 0.0349. The summed E-state index contributed by atoms with van der Waals surface area (Å²) in [6.07, 6.45) is 7.41. The van der Waals surface area contributed by atoms with Gasteiger partial charge in [0.1, 0.15) is 0 Å². The first-order valence-electron chi connectivity index (χ1n) is 11.3. The van der Waals surface area contributed by atoms with Crippen LogP contribution in [0.3, 0.4) is 0 Å². The van der Waals surface area contributed by atoms with Crippen molar-refractivity contribution in [3.8, 4) is 0 Å². The summed E-state index contributed by atoms with van der Waals surface area (Å²) in [7, 11) is 0. The largest absolute Gasteiger partial charge is 0.381 e. The van der Waals surface area contributed by atoms with E-state index in [9.17, 15) is 0 Å². The molecule has 28 heavy (non-hydrogen) atoms. The van der Waals surface area contributed by atoms with Crippen molar-refractivity contribution in [2.24, 2.45) is 10.8 Å². The van der Waals surface area contributed by atoms with Crippen LogP contribution >= 0.6 is 0 Å². The van der Waals surface area contributed by atoms with E-state index in [4.69, 9.17) is 18.9 Å². The highest BCUT2D eigenvalue weighted by Gasteiger charge is 2.49. The maximum Gasteiger partial charge on any atom is 0.0631 e. The van der Waals surface area contributed by atoms with Crippen LogP contribution in [0.5, 0.6) is 0 Å². The van der Waals surface area contributed by atoms with Crippen LogP contribution < -0.4 is 0 Å². The van der Waals surface area contributed by atoms with Gasteiger partial charge in [-0.25, -0.2) is 0 Å². The fraction of sp³-hybridized carbons (Fsp3) is 1.00. The number of unbranched alkanes of at least 4 members (excludes halogenated alkanes) is 1. The molecule has 0 bridgehead atoms. The second-order valence-corrected chi connectivity index (χ2v) is 12.0. The van der Waals surface area contributed by atoms with Gasteiger partial charge in [0.25, 0.3) is 0 Å². The van der Waals surface area contributed by atoms with Crippen molar-refractivity contribution < 1.29 is 18.9 Å². The monoisotopic (exact) mass is 398 g/mol. The van der Waals surface area contributed by atoms with E-state index in [0.717, 1.165) is 52.1 Å². The normalized spacial score (nSPS) is 33.4. The van der Waals surface area contributed by atoms with Gasteiger partial charge in [-0.05, 0) is 90.9 Å². The van der Waals surface area contributed by atoms with Crippen LogP contribution in [0.1, 0.15) is 93.9 Å². The molecule has 0 aliphatic heterocycles. The lowest BCUT2D eigenvalue weighted by Gasteiger charge is -2.53. The summed E-state index contributed by atoms with van der Waals surface area (Å²) >= 11 is 0. The van der Waals surface area contributed by atoms with Crippen LogP contribution in [-0.4, -0.2) is 49.8 Å². The Hall–Kier alpha value is -0.160. The van der Waals surface area contributed by atoms with E-state index in [2.05, 4.69) is 55.4 Å². The predicted molar refractivity (Wildman–Crippen MR) is 115 cm³/mol. The van der Waals surface area contributed by atoms with E-state index in [1.165, 1.54) is 12.8 Å². The Morgan fingerprint density at radius 2 is 1.32 bits per heavy atom. The molecule has 2 saturated carbocycles. The molecule has 0 saturated heterocycles. The zero-order valence-corrected chi connectivity index (χ0v) is 19.9. The fourth-order valence-corrected chi connectivity index (χ4v) is 4.78. The Balaban J connectivity index is 1.50. The number of ether oxygens (including phenoxy) is 4. The van der Waals surface area contributed by atoms with Crippen LogP contribution in [0.25, 0.3) is 0 Å². The molecule has 4 nitrogen and oxygen atoms in total. The maximum absolute atomic E-state index is 6.19. The van der Waals surface area contributed by atoms with Crippen LogP contribution in [0.4, 0.5) is 0 Å². The summed E-state index contributed by atoms with van der Waals surface area (Å²) in [6.45, 7) is 20.8. The van der Waals surface area contributed by atoms with Crippen molar-refractivity contribution in [3.63, 3.8) is 0 Å². The molecular formula is C24H46O4. The van der Waals surface area contributed by atoms with Gasteiger partial charge in [0, 0.05) is 13.2 Å². The van der Waals surface area contributed by atoms with Crippen molar-refractivity contribution in [2.75, 3.05) is 26.4 Å². The summed E-state index contributed by atoms with van der Waals surface area (Å²) < 4.78 is 23.9. The Morgan fingerprint density at radius 1 is 0.750 bits per heavy atom. The molecule has 2 fully saturated rings. The summed E-state index contributed by atoms with van der Waals surface area (Å²) in [6, 6.07) is 0. The van der Waals surface area contributed by atoms with Gasteiger partial charge in [0.05, 0.1) is 36.6 Å². The molecule has 0 aromatic carbocycles. The first-order valence-corrected chi connectivity index (χ1v) is 11.3. The molecule has 166 valence electrons. The molecule has 0 unspecified atom stereocenters. The first-order chi connectivity index (χ1) is 12.8. The van der Waals surface area contributed by atoms with Gasteiger partial charge in [0.2, 0.25) is 0 Å². The van der Waals surface area contributed by atoms with Crippen LogP contribution in [0, 0.1) is 10.8 Å². The molecule has 0 heterocycles. The molecule has 2 aliphatic carbocycles. The van der Waals surface area contributed by atoms with Gasteiger partial charge in [0.15, 0.2) is 0 Å². The second kappa shape index (κ2) is 9.32. The zero-order valence-electron chi connectivity index (χ0n) is 19.9. The number of hydrogen-bond acceptors (Lipinski definition) is 4. The summed E-state index contributed by atoms with van der Waals surface area (Å²) in [4.78, 5) is 0. The van der Waals surface area contributed by atoms with Gasteiger partial charge in [-0.2, -0.15) is 0 Å². The van der Waals surface area contributed by atoms with E-state index in [-0.39, 0.29) is 11.2 Å². The Labute approximate surface area is 174 Å². The highest BCUT2D eigenvalue weighted by atomic mass is 16.5. The highest BCUT2D eigenvalue weighted by Crippen LogP contribution is 2.54. The number of rotatable bonds is 11. The third-order valence-corrected chi connectivity index (χ3v) is 5.62. The molecule has 0 aromatic heterocycles. The summed E-state index contributed by atoms with van der Waals surface area (Å²) in [5.74, 6) is 0. The minimum atomic E-state index is -0.0446. The average molecular weight is 399 g/mol. The molecule has 0 spiro atoms. The van der Waals surface area contributed by atoms with E-state index in [1.54, 1.807) is 0 Å². The van der Waals surface area contributed by atoms with E-state index >= 15 is 0 Å². The van der Waals surface area contributed by atoms with Crippen molar-refractivity contribution in [2.45, 2.75) is 117 Å². The molecular weight excluding hydrogens is 352 g/mol. The SMILES string of the molecule is CC1(COCCCCOC(C)(C)C)CC(C)(COC2CC(OC(C)(C)C)C2)C1. The van der Waals surface area contributed by atoms with Crippen LogP contribution in [-0.2, 0) is 18.9 Å². The van der Waals surface area contributed by atoms with E-state index < -0.39 is 0 Å². The van der Waals surface area contributed by atoms with E-state index in [1.807, 2.05) is 0 Å². The topological polar surface area (TPSA) is 36.9 Å². The molecule has 0 radical (unpaired) electrons. The standard InChI is InChI=1S/C24H46O4/c1-21(2,3)27-12-10-9-11-25-17-23(7)15-24(8,16-23)18-26-19-13-20(14-19)28-22(4,5)6/h19-20H,9-18H2,1-8H3. The van der Waals surface area contributed by atoms with Crippen molar-refractivity contribution in [1.82, 2.24) is 0 Å². The highest BCUT2D eigenvalue weighted by molar-refractivity contribution is 4.99. The van der Waals surface area contributed by atoms with Gasteiger partial charge < -0.3 is 18.9 Å². The molecule has 0 N–H and O–H groups in total. The predicted octanol–water partition coefficient (Wildman–Crippen LogP) is 5.77. The van der Waals surface area contributed by atoms with Crippen LogP contribution in [0.2, 0.25) is 0 Å². The third kappa shape index (κ3) is 8.69. The quantitative estimate of drug-likeness (QED) is 0.414.